The van der Waals surface area contributed by atoms with Gasteiger partial charge in [-0.3, -0.25) is 4.79 Å². The summed E-state index contributed by atoms with van der Waals surface area (Å²) < 4.78 is 1.16. The lowest BCUT2D eigenvalue weighted by Crippen LogP contribution is -2.26. The molecule has 1 aliphatic rings. The molecule has 1 aromatic heterocycles. The van der Waals surface area contributed by atoms with E-state index in [1.165, 1.54) is 12.6 Å². The molecule has 0 spiro atoms. The van der Waals surface area contributed by atoms with Gasteiger partial charge in [0.25, 0.3) is 5.56 Å². The van der Waals surface area contributed by atoms with E-state index in [2.05, 4.69) is 15.7 Å². The zero-order valence-corrected chi connectivity index (χ0v) is 11.5. The molecule has 1 fully saturated rings. The van der Waals surface area contributed by atoms with Crippen LogP contribution in [0.3, 0.4) is 0 Å². The molecule has 1 aromatic rings. The molecule has 106 valence electrons. The summed E-state index contributed by atoms with van der Waals surface area (Å²) in [6.07, 6.45) is 3.78. The highest BCUT2D eigenvalue weighted by Gasteiger charge is 2.14. The molecule has 1 saturated heterocycles. The topological polar surface area (TPSA) is 79.2 Å². The SMILES string of the molecule is O=c1c(Cl)c(NCCC2CCNC2)cnn1CCO. The maximum Gasteiger partial charge on any atom is 0.287 e. The average Bonchev–Trinajstić information content (AvgIpc) is 2.91. The lowest BCUT2D eigenvalue weighted by molar-refractivity contribution is 0.266. The summed E-state index contributed by atoms with van der Waals surface area (Å²) in [4.78, 5) is 11.8. The van der Waals surface area contributed by atoms with Crippen LogP contribution in [-0.2, 0) is 6.54 Å². The third kappa shape index (κ3) is 3.68. The lowest BCUT2D eigenvalue weighted by atomic mass is 10.1. The Kier molecular flexibility index (Phi) is 5.18. The molecule has 0 aliphatic carbocycles. The summed E-state index contributed by atoms with van der Waals surface area (Å²) in [7, 11) is 0. The van der Waals surface area contributed by atoms with Crippen LogP contribution < -0.4 is 16.2 Å². The van der Waals surface area contributed by atoms with Gasteiger partial charge in [0, 0.05) is 6.54 Å². The summed E-state index contributed by atoms with van der Waals surface area (Å²) >= 11 is 6.00. The Balaban J connectivity index is 1.92. The Morgan fingerprint density at radius 2 is 2.47 bits per heavy atom. The molecule has 3 N–H and O–H groups in total. The molecule has 0 aromatic carbocycles. The van der Waals surface area contributed by atoms with Crippen LogP contribution in [0, 0.1) is 5.92 Å². The van der Waals surface area contributed by atoms with Crippen molar-refractivity contribution in [2.75, 3.05) is 31.6 Å². The van der Waals surface area contributed by atoms with Crippen LogP contribution in [0.4, 0.5) is 5.69 Å². The Morgan fingerprint density at radius 3 is 3.16 bits per heavy atom. The van der Waals surface area contributed by atoms with Gasteiger partial charge in [-0.15, -0.1) is 0 Å². The van der Waals surface area contributed by atoms with Crippen LogP contribution in [0.25, 0.3) is 0 Å². The van der Waals surface area contributed by atoms with Crippen molar-refractivity contribution in [3.8, 4) is 0 Å². The van der Waals surface area contributed by atoms with Gasteiger partial charge in [-0.2, -0.15) is 5.10 Å². The van der Waals surface area contributed by atoms with Gasteiger partial charge in [0.15, 0.2) is 0 Å². The van der Waals surface area contributed by atoms with Crippen molar-refractivity contribution < 1.29 is 5.11 Å². The Labute approximate surface area is 116 Å². The minimum atomic E-state index is -0.372. The molecule has 19 heavy (non-hydrogen) atoms. The predicted octanol–water partition coefficient (Wildman–Crippen LogP) is 0.300. The molecule has 2 rings (SSSR count). The maximum atomic E-state index is 11.8. The standard InChI is InChI=1S/C12H19ClN4O2/c13-11-10(8-16-17(5-6-18)12(11)19)15-4-2-9-1-3-14-7-9/h8-9,14-15,18H,1-7H2. The number of nitrogens with one attached hydrogen (secondary N) is 2. The van der Waals surface area contributed by atoms with Gasteiger partial charge < -0.3 is 15.7 Å². The molecule has 0 amide bonds. The number of anilines is 1. The van der Waals surface area contributed by atoms with Gasteiger partial charge in [-0.1, -0.05) is 11.6 Å². The summed E-state index contributed by atoms with van der Waals surface area (Å²) in [5.74, 6) is 0.689. The van der Waals surface area contributed by atoms with E-state index in [1.807, 2.05) is 0 Å². The van der Waals surface area contributed by atoms with Crippen LogP contribution in [-0.4, -0.2) is 41.1 Å². The molecule has 2 heterocycles. The van der Waals surface area contributed by atoms with Crippen molar-refractivity contribution in [2.45, 2.75) is 19.4 Å². The van der Waals surface area contributed by atoms with Gasteiger partial charge in [0.05, 0.1) is 25.0 Å². The smallest absolute Gasteiger partial charge is 0.287 e. The number of aromatic nitrogens is 2. The number of halogens is 1. The lowest BCUT2D eigenvalue weighted by Gasteiger charge is -2.12. The zero-order valence-electron chi connectivity index (χ0n) is 10.7. The van der Waals surface area contributed by atoms with Gasteiger partial charge in [0.1, 0.15) is 5.02 Å². The van der Waals surface area contributed by atoms with Crippen molar-refractivity contribution in [3.05, 3.63) is 21.6 Å². The first-order valence-electron chi connectivity index (χ1n) is 6.53. The highest BCUT2D eigenvalue weighted by molar-refractivity contribution is 6.32. The minimum absolute atomic E-state index is 0.132. The Hall–Kier alpha value is -1.11. The second-order valence-electron chi connectivity index (χ2n) is 4.70. The highest BCUT2D eigenvalue weighted by atomic mass is 35.5. The first-order chi connectivity index (χ1) is 9.22. The molecule has 0 bridgehead atoms. The van der Waals surface area contributed by atoms with Crippen LogP contribution in [0.5, 0.6) is 0 Å². The fourth-order valence-electron chi connectivity index (χ4n) is 2.21. The van der Waals surface area contributed by atoms with E-state index in [0.717, 1.165) is 30.7 Å². The summed E-state index contributed by atoms with van der Waals surface area (Å²) in [6.45, 7) is 2.95. The van der Waals surface area contributed by atoms with E-state index < -0.39 is 0 Å². The second-order valence-corrected chi connectivity index (χ2v) is 5.08. The third-order valence-corrected chi connectivity index (χ3v) is 3.69. The van der Waals surface area contributed by atoms with Gasteiger partial charge >= 0.3 is 0 Å². The third-order valence-electron chi connectivity index (χ3n) is 3.33. The average molecular weight is 287 g/mol. The van der Waals surface area contributed by atoms with Crippen molar-refractivity contribution in [1.29, 1.82) is 0 Å². The van der Waals surface area contributed by atoms with E-state index in [9.17, 15) is 4.79 Å². The van der Waals surface area contributed by atoms with Gasteiger partial charge in [-0.25, -0.2) is 4.68 Å². The van der Waals surface area contributed by atoms with Crippen LogP contribution in [0.15, 0.2) is 11.0 Å². The largest absolute Gasteiger partial charge is 0.394 e. The number of hydrogen-bond donors (Lipinski definition) is 3. The number of aliphatic hydroxyl groups excluding tert-OH is 1. The molecule has 7 heteroatoms. The number of rotatable bonds is 6. The molecule has 1 unspecified atom stereocenters. The minimum Gasteiger partial charge on any atom is -0.394 e. The summed E-state index contributed by atoms with van der Waals surface area (Å²) in [5.41, 5.74) is 0.190. The fourth-order valence-corrected chi connectivity index (χ4v) is 2.43. The quantitative estimate of drug-likeness (QED) is 0.701. The second kappa shape index (κ2) is 6.88. The fraction of sp³-hybridized carbons (Fsp3) is 0.667. The van der Waals surface area contributed by atoms with E-state index >= 15 is 0 Å². The number of hydrogen-bond acceptors (Lipinski definition) is 5. The van der Waals surface area contributed by atoms with E-state index in [0.29, 0.717) is 11.6 Å². The molecular weight excluding hydrogens is 268 g/mol. The first kappa shape index (κ1) is 14.3. The van der Waals surface area contributed by atoms with Gasteiger partial charge in [0.2, 0.25) is 0 Å². The molecule has 0 radical (unpaired) electrons. The maximum absolute atomic E-state index is 11.8. The molecule has 0 saturated carbocycles. The summed E-state index contributed by atoms with van der Waals surface area (Å²) in [6, 6.07) is 0. The molecule has 6 nitrogen and oxygen atoms in total. The van der Waals surface area contributed by atoms with Crippen molar-refractivity contribution in [1.82, 2.24) is 15.1 Å². The molecular formula is C12H19ClN4O2. The van der Waals surface area contributed by atoms with Crippen LogP contribution >= 0.6 is 11.6 Å². The first-order valence-corrected chi connectivity index (χ1v) is 6.91. The Morgan fingerprint density at radius 1 is 1.63 bits per heavy atom. The van der Waals surface area contributed by atoms with Crippen LogP contribution in [0.1, 0.15) is 12.8 Å². The molecule has 1 atom stereocenters. The zero-order chi connectivity index (χ0) is 13.7. The predicted molar refractivity (Wildman–Crippen MR) is 74.7 cm³/mol. The van der Waals surface area contributed by atoms with Crippen molar-refractivity contribution in [3.63, 3.8) is 0 Å². The molecule has 1 aliphatic heterocycles. The highest BCUT2D eigenvalue weighted by Crippen LogP contribution is 2.17. The van der Waals surface area contributed by atoms with E-state index in [-0.39, 0.29) is 23.7 Å². The van der Waals surface area contributed by atoms with Gasteiger partial charge in [-0.05, 0) is 31.8 Å². The normalized spacial score (nSPS) is 18.7. The van der Waals surface area contributed by atoms with Crippen molar-refractivity contribution in [2.24, 2.45) is 5.92 Å². The van der Waals surface area contributed by atoms with E-state index in [1.54, 1.807) is 0 Å². The van der Waals surface area contributed by atoms with Crippen molar-refractivity contribution >= 4 is 17.3 Å². The van der Waals surface area contributed by atoms with Crippen LogP contribution in [0.2, 0.25) is 5.02 Å². The van der Waals surface area contributed by atoms with E-state index in [4.69, 9.17) is 16.7 Å². The summed E-state index contributed by atoms with van der Waals surface area (Å²) in [5, 5.41) is 19.4. The number of nitrogens with zero attached hydrogens (tertiary/aromatic N) is 2. The Bertz CT molecular complexity index is 471. The number of aliphatic hydroxyl groups is 1. The monoisotopic (exact) mass is 286 g/mol.